The van der Waals surface area contributed by atoms with Crippen LogP contribution in [0.4, 0.5) is 17.6 Å². The number of hydrogen-bond acceptors (Lipinski definition) is 3. The summed E-state index contributed by atoms with van der Waals surface area (Å²) in [4.78, 5) is 3.21. The van der Waals surface area contributed by atoms with Gasteiger partial charge in [0.05, 0.1) is 9.90 Å². The molecule has 0 saturated heterocycles. The number of aliphatic hydroxyl groups excluding tert-OH is 1. The third-order valence-electron chi connectivity index (χ3n) is 2.29. The molecule has 0 amide bonds. The van der Waals surface area contributed by atoms with Crippen LogP contribution in [-0.4, -0.2) is 10.1 Å². The third kappa shape index (κ3) is 3.05. The number of halogens is 5. The van der Waals surface area contributed by atoms with Gasteiger partial charge in [0, 0.05) is 6.20 Å². The van der Waals surface area contributed by atoms with Gasteiger partial charge in [0.1, 0.15) is 11.9 Å². The molecule has 0 saturated carbocycles. The Balaban J connectivity index is 2.31. The van der Waals surface area contributed by atoms with Gasteiger partial charge in [-0.1, -0.05) is 17.7 Å². The SMILES string of the molecule is OC(c1ccc(F)c(Cl)c1)c1cnc(C(F)(F)F)s1. The molecule has 1 aromatic heterocycles. The summed E-state index contributed by atoms with van der Waals surface area (Å²) in [5.74, 6) is -0.669. The zero-order valence-electron chi connectivity index (χ0n) is 9.08. The van der Waals surface area contributed by atoms with Crippen molar-refractivity contribution in [3.8, 4) is 0 Å². The standard InChI is InChI=1S/C11H6ClF4NOS/c12-6-3-5(1-2-7(6)13)9(18)8-4-17-10(19-8)11(14,15)16/h1-4,9,18H. The van der Waals surface area contributed by atoms with Crippen molar-refractivity contribution < 1.29 is 22.7 Å². The first-order chi connectivity index (χ1) is 8.79. The van der Waals surface area contributed by atoms with E-state index in [4.69, 9.17) is 11.6 Å². The predicted octanol–water partition coefficient (Wildman–Crippen LogP) is 4.04. The minimum atomic E-state index is -4.55. The molecule has 1 atom stereocenters. The lowest BCUT2D eigenvalue weighted by molar-refractivity contribution is -0.137. The van der Waals surface area contributed by atoms with E-state index >= 15 is 0 Å². The molecule has 1 heterocycles. The maximum Gasteiger partial charge on any atom is 0.443 e. The number of benzene rings is 1. The van der Waals surface area contributed by atoms with Crippen LogP contribution in [0.1, 0.15) is 21.6 Å². The van der Waals surface area contributed by atoms with Crippen molar-refractivity contribution >= 4 is 22.9 Å². The summed E-state index contributed by atoms with van der Waals surface area (Å²) in [6.07, 6.45) is -4.94. The number of alkyl halides is 3. The van der Waals surface area contributed by atoms with Crippen LogP contribution >= 0.6 is 22.9 Å². The van der Waals surface area contributed by atoms with Gasteiger partial charge in [0.2, 0.25) is 0 Å². The van der Waals surface area contributed by atoms with E-state index < -0.39 is 23.1 Å². The smallest absolute Gasteiger partial charge is 0.383 e. The molecule has 0 spiro atoms. The Kier molecular flexibility index (Phi) is 3.80. The van der Waals surface area contributed by atoms with Gasteiger partial charge in [0.15, 0.2) is 5.01 Å². The lowest BCUT2D eigenvalue weighted by Crippen LogP contribution is -2.03. The van der Waals surface area contributed by atoms with Crippen molar-refractivity contribution in [1.82, 2.24) is 4.98 Å². The fourth-order valence-electron chi connectivity index (χ4n) is 1.39. The Hall–Kier alpha value is -1.18. The number of aliphatic hydroxyl groups is 1. The van der Waals surface area contributed by atoms with E-state index in [1.165, 1.54) is 6.07 Å². The monoisotopic (exact) mass is 311 g/mol. The highest BCUT2D eigenvalue weighted by Gasteiger charge is 2.35. The van der Waals surface area contributed by atoms with Crippen LogP contribution in [0.25, 0.3) is 0 Å². The first kappa shape index (κ1) is 14.2. The van der Waals surface area contributed by atoms with Crippen molar-refractivity contribution in [2.75, 3.05) is 0 Å². The van der Waals surface area contributed by atoms with Gasteiger partial charge in [-0.15, -0.1) is 11.3 Å². The molecule has 0 fully saturated rings. The van der Waals surface area contributed by atoms with Crippen LogP contribution in [0.3, 0.4) is 0 Å². The second-order valence-electron chi connectivity index (χ2n) is 3.64. The quantitative estimate of drug-likeness (QED) is 0.849. The highest BCUT2D eigenvalue weighted by atomic mass is 35.5. The fourth-order valence-corrected chi connectivity index (χ4v) is 2.38. The minimum absolute atomic E-state index is 0.00926. The fraction of sp³-hybridized carbons (Fsp3) is 0.182. The Bertz CT molecular complexity index is 599. The normalized spacial score (nSPS) is 13.6. The average Bonchev–Trinajstić information content (AvgIpc) is 2.81. The Morgan fingerprint density at radius 2 is 2.00 bits per heavy atom. The van der Waals surface area contributed by atoms with E-state index in [1.807, 2.05) is 0 Å². The number of thiazole rings is 1. The van der Waals surface area contributed by atoms with Gasteiger partial charge in [-0.25, -0.2) is 9.37 Å². The van der Waals surface area contributed by atoms with Crippen molar-refractivity contribution in [1.29, 1.82) is 0 Å². The van der Waals surface area contributed by atoms with Gasteiger partial charge < -0.3 is 5.11 Å². The maximum absolute atomic E-state index is 13.0. The van der Waals surface area contributed by atoms with E-state index in [0.29, 0.717) is 11.3 Å². The lowest BCUT2D eigenvalue weighted by Gasteiger charge is -2.09. The van der Waals surface area contributed by atoms with Gasteiger partial charge >= 0.3 is 6.18 Å². The molecule has 0 aliphatic rings. The van der Waals surface area contributed by atoms with Gasteiger partial charge in [-0.05, 0) is 17.7 Å². The summed E-state index contributed by atoms with van der Waals surface area (Å²) in [6.45, 7) is 0. The molecule has 2 rings (SSSR count). The van der Waals surface area contributed by atoms with Crippen molar-refractivity contribution in [2.24, 2.45) is 0 Å². The molecule has 0 bridgehead atoms. The molecule has 19 heavy (non-hydrogen) atoms. The first-order valence-electron chi connectivity index (χ1n) is 4.95. The average molecular weight is 312 g/mol. The number of aromatic nitrogens is 1. The van der Waals surface area contributed by atoms with Crippen LogP contribution in [0, 0.1) is 5.82 Å². The van der Waals surface area contributed by atoms with Crippen LogP contribution in [-0.2, 0) is 6.18 Å². The molecule has 2 nitrogen and oxygen atoms in total. The van der Waals surface area contributed by atoms with Crippen LogP contribution in [0.5, 0.6) is 0 Å². The van der Waals surface area contributed by atoms with Crippen LogP contribution in [0.2, 0.25) is 5.02 Å². The summed E-state index contributed by atoms with van der Waals surface area (Å²) in [7, 11) is 0. The molecule has 1 aromatic carbocycles. The Labute approximate surface area is 114 Å². The number of hydrogen-bond donors (Lipinski definition) is 1. The highest BCUT2D eigenvalue weighted by molar-refractivity contribution is 7.11. The number of nitrogens with zero attached hydrogens (tertiary/aromatic N) is 1. The van der Waals surface area contributed by atoms with E-state index in [1.54, 1.807) is 0 Å². The molecule has 0 radical (unpaired) electrons. The Morgan fingerprint density at radius 3 is 2.53 bits per heavy atom. The third-order valence-corrected chi connectivity index (χ3v) is 3.68. The molecular formula is C11H6ClF4NOS. The summed E-state index contributed by atoms with van der Waals surface area (Å²) >= 11 is 5.87. The van der Waals surface area contributed by atoms with E-state index in [-0.39, 0.29) is 15.5 Å². The molecule has 102 valence electrons. The first-order valence-corrected chi connectivity index (χ1v) is 6.14. The van der Waals surface area contributed by atoms with Crippen molar-refractivity contribution in [3.05, 3.63) is 50.7 Å². The molecule has 0 aliphatic heterocycles. The molecule has 1 unspecified atom stereocenters. The van der Waals surface area contributed by atoms with Crippen molar-refractivity contribution in [3.63, 3.8) is 0 Å². The predicted molar refractivity (Wildman–Crippen MR) is 62.6 cm³/mol. The van der Waals surface area contributed by atoms with E-state index in [9.17, 15) is 22.7 Å². The lowest BCUT2D eigenvalue weighted by atomic mass is 10.1. The van der Waals surface area contributed by atoms with Gasteiger partial charge in [-0.2, -0.15) is 13.2 Å². The van der Waals surface area contributed by atoms with Gasteiger partial charge in [-0.3, -0.25) is 0 Å². The molecular weight excluding hydrogens is 306 g/mol. The second kappa shape index (κ2) is 5.07. The minimum Gasteiger partial charge on any atom is -0.383 e. The molecule has 2 aromatic rings. The highest BCUT2D eigenvalue weighted by Crippen LogP contribution is 2.36. The van der Waals surface area contributed by atoms with Crippen molar-refractivity contribution in [2.45, 2.75) is 12.3 Å². The molecule has 1 N–H and O–H groups in total. The summed E-state index contributed by atoms with van der Waals surface area (Å²) in [5, 5.41) is 8.65. The Morgan fingerprint density at radius 1 is 1.32 bits per heavy atom. The largest absolute Gasteiger partial charge is 0.443 e. The van der Waals surface area contributed by atoms with Crippen LogP contribution < -0.4 is 0 Å². The van der Waals surface area contributed by atoms with Gasteiger partial charge in [0.25, 0.3) is 0 Å². The van der Waals surface area contributed by atoms with E-state index in [0.717, 1.165) is 18.3 Å². The number of rotatable bonds is 2. The topological polar surface area (TPSA) is 33.1 Å². The maximum atomic E-state index is 13.0. The molecule has 0 aliphatic carbocycles. The van der Waals surface area contributed by atoms with E-state index in [2.05, 4.69) is 4.98 Å². The zero-order valence-corrected chi connectivity index (χ0v) is 10.7. The summed E-state index contributed by atoms with van der Waals surface area (Å²) < 4.78 is 50.1. The van der Waals surface area contributed by atoms with Crippen LogP contribution in [0.15, 0.2) is 24.4 Å². The molecule has 8 heteroatoms. The zero-order chi connectivity index (χ0) is 14.2. The summed E-state index contributed by atoms with van der Waals surface area (Å²) in [6, 6.07) is 3.44. The second-order valence-corrected chi connectivity index (χ2v) is 5.11. The summed E-state index contributed by atoms with van der Waals surface area (Å²) in [5.41, 5.74) is 0.198.